The first kappa shape index (κ1) is 14.7. The molecule has 4 aromatic rings. The van der Waals surface area contributed by atoms with Gasteiger partial charge < -0.3 is 0 Å². The van der Waals surface area contributed by atoms with Gasteiger partial charge in [0.25, 0.3) is 0 Å². The molecule has 0 spiro atoms. The molecule has 0 aliphatic carbocycles. The molecular weight excluding hydrogens is 288 g/mol. The van der Waals surface area contributed by atoms with Crippen LogP contribution in [-0.2, 0) is 0 Å². The van der Waals surface area contributed by atoms with E-state index in [0.717, 1.165) is 0 Å². The SMILES string of the molecule is Cc1ccc(C=Cc2ccc(C)c3ccccc23)c2ccccc12. The van der Waals surface area contributed by atoms with Crippen molar-refractivity contribution in [1.82, 2.24) is 0 Å². The predicted octanol–water partition coefficient (Wildman–Crippen LogP) is 6.78. The summed E-state index contributed by atoms with van der Waals surface area (Å²) < 4.78 is 0. The van der Waals surface area contributed by atoms with E-state index in [1.54, 1.807) is 0 Å². The van der Waals surface area contributed by atoms with Crippen LogP contribution in [0.25, 0.3) is 33.7 Å². The third kappa shape index (κ3) is 2.51. The van der Waals surface area contributed by atoms with Gasteiger partial charge in [-0.15, -0.1) is 0 Å². The third-order valence-corrected chi connectivity index (χ3v) is 4.79. The molecular formula is C24H20. The Morgan fingerprint density at radius 2 is 0.833 bits per heavy atom. The monoisotopic (exact) mass is 308 g/mol. The summed E-state index contributed by atoms with van der Waals surface area (Å²) in [7, 11) is 0. The average molecular weight is 308 g/mol. The number of rotatable bonds is 2. The van der Waals surface area contributed by atoms with E-state index >= 15 is 0 Å². The molecule has 0 amide bonds. The largest absolute Gasteiger partial charge is 0.0616 e. The van der Waals surface area contributed by atoms with Gasteiger partial charge in [-0.25, -0.2) is 0 Å². The lowest BCUT2D eigenvalue weighted by Gasteiger charge is -2.07. The number of hydrogen-bond donors (Lipinski definition) is 0. The Labute approximate surface area is 143 Å². The highest BCUT2D eigenvalue weighted by Gasteiger charge is 2.02. The summed E-state index contributed by atoms with van der Waals surface area (Å²) in [5.74, 6) is 0. The van der Waals surface area contributed by atoms with Gasteiger partial charge in [-0.05, 0) is 57.6 Å². The van der Waals surface area contributed by atoms with Crippen LogP contribution in [0.15, 0.2) is 72.8 Å². The Morgan fingerprint density at radius 3 is 1.25 bits per heavy atom. The molecule has 0 aromatic heterocycles. The summed E-state index contributed by atoms with van der Waals surface area (Å²) in [5, 5.41) is 5.28. The van der Waals surface area contributed by atoms with Crippen molar-refractivity contribution in [2.45, 2.75) is 13.8 Å². The molecule has 0 saturated carbocycles. The smallest absolute Gasteiger partial charge is 0.0109 e. The first-order valence-corrected chi connectivity index (χ1v) is 8.39. The summed E-state index contributed by atoms with van der Waals surface area (Å²) >= 11 is 0. The minimum Gasteiger partial charge on any atom is -0.0616 e. The standard InChI is InChI=1S/C24H20/c1-17-11-13-19(23-9-5-3-7-21(17)23)15-16-20-14-12-18(2)22-8-4-6-10-24(20)22/h3-16H,1-2H3. The molecule has 116 valence electrons. The summed E-state index contributed by atoms with van der Waals surface area (Å²) in [4.78, 5) is 0. The second-order valence-electron chi connectivity index (χ2n) is 6.37. The maximum atomic E-state index is 2.24. The van der Waals surface area contributed by atoms with Gasteiger partial charge in [0, 0.05) is 0 Å². The summed E-state index contributed by atoms with van der Waals surface area (Å²) in [6, 6.07) is 26.1. The van der Waals surface area contributed by atoms with Gasteiger partial charge in [-0.1, -0.05) is 84.9 Å². The predicted molar refractivity (Wildman–Crippen MR) is 106 cm³/mol. The fourth-order valence-electron chi connectivity index (χ4n) is 3.42. The lowest BCUT2D eigenvalue weighted by molar-refractivity contribution is 1.52. The van der Waals surface area contributed by atoms with Crippen molar-refractivity contribution in [3.63, 3.8) is 0 Å². The Kier molecular flexibility index (Phi) is 3.66. The molecule has 0 radical (unpaired) electrons. The molecule has 0 bridgehead atoms. The average Bonchev–Trinajstić information content (AvgIpc) is 2.63. The molecule has 0 unspecified atom stereocenters. The molecule has 4 aromatic carbocycles. The molecule has 0 fully saturated rings. The van der Waals surface area contributed by atoms with E-state index < -0.39 is 0 Å². The van der Waals surface area contributed by atoms with Gasteiger partial charge in [0.05, 0.1) is 0 Å². The normalized spacial score (nSPS) is 11.6. The van der Waals surface area contributed by atoms with Crippen LogP contribution in [0, 0.1) is 13.8 Å². The van der Waals surface area contributed by atoms with Gasteiger partial charge in [0.2, 0.25) is 0 Å². The van der Waals surface area contributed by atoms with Crippen molar-refractivity contribution in [2.75, 3.05) is 0 Å². The van der Waals surface area contributed by atoms with E-state index in [9.17, 15) is 0 Å². The van der Waals surface area contributed by atoms with Crippen LogP contribution in [-0.4, -0.2) is 0 Å². The Bertz CT molecular complexity index is 981. The topological polar surface area (TPSA) is 0 Å². The van der Waals surface area contributed by atoms with Crippen LogP contribution >= 0.6 is 0 Å². The zero-order valence-corrected chi connectivity index (χ0v) is 14.1. The summed E-state index contributed by atoms with van der Waals surface area (Å²) in [5.41, 5.74) is 5.17. The van der Waals surface area contributed by atoms with Crippen molar-refractivity contribution >= 4 is 33.7 Å². The highest BCUT2D eigenvalue weighted by molar-refractivity contribution is 5.98. The fourth-order valence-corrected chi connectivity index (χ4v) is 3.42. The molecule has 0 N–H and O–H groups in total. The molecule has 0 aliphatic rings. The van der Waals surface area contributed by atoms with Crippen LogP contribution < -0.4 is 0 Å². The highest BCUT2D eigenvalue weighted by atomic mass is 14.1. The Morgan fingerprint density at radius 1 is 0.458 bits per heavy atom. The van der Waals surface area contributed by atoms with Crippen LogP contribution in [0.3, 0.4) is 0 Å². The maximum absolute atomic E-state index is 2.24. The Balaban J connectivity index is 1.85. The van der Waals surface area contributed by atoms with Crippen LogP contribution in [0.2, 0.25) is 0 Å². The van der Waals surface area contributed by atoms with Gasteiger partial charge in [-0.2, -0.15) is 0 Å². The molecule has 0 aliphatic heterocycles. The maximum Gasteiger partial charge on any atom is -0.0109 e. The number of fused-ring (bicyclic) bond motifs is 2. The van der Waals surface area contributed by atoms with Crippen molar-refractivity contribution in [1.29, 1.82) is 0 Å². The first-order valence-electron chi connectivity index (χ1n) is 8.39. The molecule has 24 heavy (non-hydrogen) atoms. The number of benzene rings is 4. The zero-order valence-electron chi connectivity index (χ0n) is 14.1. The minimum absolute atomic E-state index is 1.26. The summed E-state index contributed by atoms with van der Waals surface area (Å²) in [6.07, 6.45) is 4.47. The van der Waals surface area contributed by atoms with Crippen molar-refractivity contribution < 1.29 is 0 Å². The van der Waals surface area contributed by atoms with E-state index in [2.05, 4.69) is 98.8 Å². The number of aryl methyl sites for hydroxylation is 2. The summed E-state index contributed by atoms with van der Waals surface area (Å²) in [6.45, 7) is 4.34. The second-order valence-corrected chi connectivity index (χ2v) is 6.37. The molecule has 0 heterocycles. The van der Waals surface area contributed by atoms with Crippen LogP contribution in [0.4, 0.5) is 0 Å². The van der Waals surface area contributed by atoms with Gasteiger partial charge >= 0.3 is 0 Å². The first-order chi connectivity index (χ1) is 11.7. The van der Waals surface area contributed by atoms with Gasteiger partial charge in [0.1, 0.15) is 0 Å². The van der Waals surface area contributed by atoms with E-state index in [-0.39, 0.29) is 0 Å². The van der Waals surface area contributed by atoms with Crippen molar-refractivity contribution in [3.05, 3.63) is 95.1 Å². The van der Waals surface area contributed by atoms with Crippen LogP contribution in [0.5, 0.6) is 0 Å². The zero-order chi connectivity index (χ0) is 16.5. The van der Waals surface area contributed by atoms with Crippen molar-refractivity contribution in [3.8, 4) is 0 Å². The second kappa shape index (κ2) is 5.98. The van der Waals surface area contributed by atoms with Gasteiger partial charge in [-0.3, -0.25) is 0 Å². The lowest BCUT2D eigenvalue weighted by atomic mass is 9.97. The lowest BCUT2D eigenvalue weighted by Crippen LogP contribution is -1.84. The molecule has 4 rings (SSSR count). The third-order valence-electron chi connectivity index (χ3n) is 4.79. The van der Waals surface area contributed by atoms with Crippen LogP contribution in [0.1, 0.15) is 22.3 Å². The molecule has 0 heteroatoms. The quantitative estimate of drug-likeness (QED) is 0.358. The minimum atomic E-state index is 1.26. The Hall–Kier alpha value is -2.86. The number of hydrogen-bond acceptors (Lipinski definition) is 0. The highest BCUT2D eigenvalue weighted by Crippen LogP contribution is 2.27. The van der Waals surface area contributed by atoms with E-state index in [4.69, 9.17) is 0 Å². The van der Waals surface area contributed by atoms with Crippen molar-refractivity contribution in [2.24, 2.45) is 0 Å². The van der Waals surface area contributed by atoms with E-state index in [0.29, 0.717) is 0 Å². The molecule has 0 atom stereocenters. The van der Waals surface area contributed by atoms with E-state index in [1.165, 1.54) is 43.8 Å². The van der Waals surface area contributed by atoms with E-state index in [1.807, 2.05) is 0 Å². The molecule has 0 saturated heterocycles. The fraction of sp³-hybridized carbons (Fsp3) is 0.0833. The van der Waals surface area contributed by atoms with Gasteiger partial charge in [0.15, 0.2) is 0 Å². The molecule has 0 nitrogen and oxygen atoms in total.